The molecule has 0 heterocycles. The van der Waals surface area contributed by atoms with Crippen LogP contribution in [0.1, 0.15) is 22.3 Å². The van der Waals surface area contributed by atoms with E-state index in [4.69, 9.17) is 21.1 Å². The summed E-state index contributed by atoms with van der Waals surface area (Å²) in [4.78, 5) is 25.0. The second-order valence-corrected chi connectivity index (χ2v) is 8.52. The average molecular weight is 504 g/mol. The molecule has 0 fully saturated rings. The van der Waals surface area contributed by atoms with Crippen molar-refractivity contribution in [2.24, 2.45) is 0 Å². The van der Waals surface area contributed by atoms with Crippen molar-refractivity contribution in [3.8, 4) is 17.6 Å². The molecule has 0 unspecified atom stereocenters. The Labute approximate surface area is 215 Å². The van der Waals surface area contributed by atoms with Gasteiger partial charge in [0, 0.05) is 11.4 Å². The molecular weight excluding hydrogens is 478 g/mol. The van der Waals surface area contributed by atoms with Gasteiger partial charge in [-0.3, -0.25) is 9.59 Å². The Morgan fingerprint density at radius 3 is 2.42 bits per heavy atom. The smallest absolute Gasteiger partial charge is 0.266 e. The zero-order chi connectivity index (χ0) is 26.2. The first kappa shape index (κ1) is 26.3. The quantitative estimate of drug-likeness (QED) is 0.297. The molecule has 2 N–H and O–H groups in total. The number of ether oxygens (including phenoxy) is 2. The van der Waals surface area contributed by atoms with Gasteiger partial charge in [-0.25, -0.2) is 0 Å². The van der Waals surface area contributed by atoms with Gasteiger partial charge in [0.2, 0.25) is 0 Å². The Balaban J connectivity index is 1.74. The van der Waals surface area contributed by atoms with Crippen LogP contribution in [0.5, 0.6) is 11.5 Å². The van der Waals surface area contributed by atoms with Crippen LogP contribution in [0.25, 0.3) is 6.08 Å². The van der Waals surface area contributed by atoms with Crippen molar-refractivity contribution in [1.82, 2.24) is 0 Å². The van der Waals surface area contributed by atoms with Crippen LogP contribution in [0, 0.1) is 32.1 Å². The maximum absolute atomic E-state index is 12.6. The van der Waals surface area contributed by atoms with E-state index in [0.29, 0.717) is 16.9 Å². The molecule has 0 bridgehead atoms. The molecular formula is C28H26ClN3O4. The second kappa shape index (κ2) is 11.9. The first-order valence-electron chi connectivity index (χ1n) is 11.1. The number of nitrogens with one attached hydrogen (secondary N) is 2. The van der Waals surface area contributed by atoms with E-state index < -0.39 is 5.91 Å². The number of hydrogen-bond acceptors (Lipinski definition) is 5. The van der Waals surface area contributed by atoms with E-state index in [1.807, 2.05) is 57.2 Å². The topological polar surface area (TPSA) is 100 Å². The summed E-state index contributed by atoms with van der Waals surface area (Å²) < 4.78 is 11.0. The van der Waals surface area contributed by atoms with Gasteiger partial charge in [0.15, 0.2) is 18.1 Å². The summed E-state index contributed by atoms with van der Waals surface area (Å²) in [5, 5.41) is 15.2. The third-order valence-corrected chi connectivity index (χ3v) is 5.74. The van der Waals surface area contributed by atoms with Crippen LogP contribution in [0.4, 0.5) is 11.4 Å². The van der Waals surface area contributed by atoms with Gasteiger partial charge in [-0.15, -0.1) is 0 Å². The normalized spacial score (nSPS) is 10.8. The minimum absolute atomic E-state index is 0.113. The first-order valence-corrected chi connectivity index (χ1v) is 11.5. The molecule has 0 saturated carbocycles. The van der Waals surface area contributed by atoms with E-state index in [0.717, 1.165) is 16.7 Å². The van der Waals surface area contributed by atoms with E-state index in [-0.39, 0.29) is 34.6 Å². The Morgan fingerprint density at radius 2 is 1.75 bits per heavy atom. The van der Waals surface area contributed by atoms with Crippen molar-refractivity contribution in [3.05, 3.63) is 87.4 Å². The van der Waals surface area contributed by atoms with Crippen molar-refractivity contribution in [1.29, 1.82) is 5.26 Å². The summed E-state index contributed by atoms with van der Waals surface area (Å²) in [5.41, 5.74) is 4.68. The minimum atomic E-state index is -0.551. The Bertz CT molecular complexity index is 1380. The fraction of sp³-hybridized carbons (Fsp3) is 0.179. The van der Waals surface area contributed by atoms with E-state index in [1.54, 1.807) is 18.2 Å². The fourth-order valence-corrected chi connectivity index (χ4v) is 3.61. The predicted octanol–water partition coefficient (Wildman–Crippen LogP) is 5.84. The molecule has 3 aromatic carbocycles. The number of anilines is 2. The van der Waals surface area contributed by atoms with Crippen LogP contribution < -0.4 is 20.1 Å². The van der Waals surface area contributed by atoms with Gasteiger partial charge in [-0.1, -0.05) is 35.9 Å². The van der Waals surface area contributed by atoms with Crippen LogP contribution in [0.3, 0.4) is 0 Å². The molecule has 0 aromatic heterocycles. The molecule has 0 atom stereocenters. The van der Waals surface area contributed by atoms with E-state index in [1.165, 1.54) is 19.3 Å². The van der Waals surface area contributed by atoms with Crippen molar-refractivity contribution in [3.63, 3.8) is 0 Å². The molecule has 0 spiro atoms. The molecule has 0 saturated heterocycles. The lowest BCUT2D eigenvalue weighted by molar-refractivity contribution is -0.118. The number of nitrogens with zero attached hydrogens (tertiary/aromatic N) is 1. The van der Waals surface area contributed by atoms with Crippen LogP contribution in [-0.4, -0.2) is 25.5 Å². The Kier molecular flexibility index (Phi) is 8.71. The molecule has 184 valence electrons. The molecule has 36 heavy (non-hydrogen) atoms. The lowest BCUT2D eigenvalue weighted by Crippen LogP contribution is -2.20. The lowest BCUT2D eigenvalue weighted by Gasteiger charge is -2.14. The zero-order valence-electron chi connectivity index (χ0n) is 20.4. The summed E-state index contributed by atoms with van der Waals surface area (Å²) in [6.07, 6.45) is 1.40. The maximum atomic E-state index is 12.6. The molecule has 0 aliphatic rings. The van der Waals surface area contributed by atoms with Crippen LogP contribution in [-0.2, 0) is 9.59 Å². The number of methoxy groups -OCH3 is 1. The Hall–Kier alpha value is -4.28. The molecule has 0 radical (unpaired) electrons. The minimum Gasteiger partial charge on any atom is -0.493 e. The summed E-state index contributed by atoms with van der Waals surface area (Å²) in [6.45, 7) is 5.52. The highest BCUT2D eigenvalue weighted by Crippen LogP contribution is 2.37. The standard InChI is InChI=1S/C28H26ClN3O4/c1-17-9-10-22(11-19(17)3)31-26(33)16-36-27-23(29)13-20(14-25(27)35-4)12-21(15-30)28(34)32-24-8-6-5-7-18(24)2/h5-14H,16H2,1-4H3,(H,31,33)(H,32,34)/b21-12-. The highest BCUT2D eigenvalue weighted by atomic mass is 35.5. The van der Waals surface area contributed by atoms with Crippen LogP contribution in [0.2, 0.25) is 5.02 Å². The zero-order valence-corrected chi connectivity index (χ0v) is 21.2. The number of benzene rings is 3. The van der Waals surface area contributed by atoms with Crippen molar-refractivity contribution >= 4 is 40.9 Å². The summed E-state index contributed by atoms with van der Waals surface area (Å²) in [5.74, 6) is -0.482. The predicted molar refractivity (Wildman–Crippen MR) is 141 cm³/mol. The number of halogens is 1. The summed E-state index contributed by atoms with van der Waals surface area (Å²) in [7, 11) is 1.43. The second-order valence-electron chi connectivity index (χ2n) is 8.11. The molecule has 8 heteroatoms. The van der Waals surface area contributed by atoms with Gasteiger partial charge in [-0.05, 0) is 79.4 Å². The van der Waals surface area contributed by atoms with Gasteiger partial charge in [-0.2, -0.15) is 5.26 Å². The monoisotopic (exact) mass is 503 g/mol. The number of carbonyl (C=O) groups excluding carboxylic acids is 2. The highest BCUT2D eigenvalue weighted by Gasteiger charge is 2.16. The number of hydrogen-bond donors (Lipinski definition) is 2. The molecule has 3 rings (SSSR count). The van der Waals surface area contributed by atoms with Crippen LogP contribution >= 0.6 is 11.6 Å². The largest absolute Gasteiger partial charge is 0.493 e. The third-order valence-electron chi connectivity index (χ3n) is 5.46. The molecule has 0 aliphatic heterocycles. The lowest BCUT2D eigenvalue weighted by atomic mass is 10.1. The van der Waals surface area contributed by atoms with E-state index in [9.17, 15) is 14.9 Å². The van der Waals surface area contributed by atoms with Crippen molar-refractivity contribution < 1.29 is 19.1 Å². The van der Waals surface area contributed by atoms with Crippen molar-refractivity contribution in [2.45, 2.75) is 20.8 Å². The number of para-hydroxylation sites is 1. The number of aryl methyl sites for hydroxylation is 3. The molecule has 3 aromatic rings. The first-order chi connectivity index (χ1) is 17.2. The third kappa shape index (κ3) is 6.65. The maximum Gasteiger partial charge on any atom is 0.266 e. The number of nitriles is 1. The fourth-order valence-electron chi connectivity index (χ4n) is 3.34. The van der Waals surface area contributed by atoms with E-state index >= 15 is 0 Å². The van der Waals surface area contributed by atoms with Gasteiger partial charge < -0.3 is 20.1 Å². The van der Waals surface area contributed by atoms with Crippen LogP contribution in [0.15, 0.2) is 60.2 Å². The SMILES string of the molecule is COc1cc(/C=C(/C#N)C(=O)Nc2ccccc2C)cc(Cl)c1OCC(=O)Nc1ccc(C)c(C)c1. The van der Waals surface area contributed by atoms with Gasteiger partial charge >= 0.3 is 0 Å². The van der Waals surface area contributed by atoms with Gasteiger partial charge in [0.25, 0.3) is 11.8 Å². The molecule has 7 nitrogen and oxygen atoms in total. The summed E-state index contributed by atoms with van der Waals surface area (Å²) >= 11 is 6.40. The summed E-state index contributed by atoms with van der Waals surface area (Å²) in [6, 6.07) is 17.9. The van der Waals surface area contributed by atoms with Gasteiger partial charge in [0.05, 0.1) is 12.1 Å². The molecule has 0 aliphatic carbocycles. The average Bonchev–Trinajstić information content (AvgIpc) is 2.85. The van der Waals surface area contributed by atoms with E-state index in [2.05, 4.69) is 10.6 Å². The number of rotatable bonds is 8. The van der Waals surface area contributed by atoms with Crippen molar-refractivity contribution in [2.75, 3.05) is 24.4 Å². The molecule has 2 amide bonds. The number of carbonyl (C=O) groups is 2. The number of amides is 2. The van der Waals surface area contributed by atoms with Gasteiger partial charge in [0.1, 0.15) is 11.6 Å². The highest BCUT2D eigenvalue weighted by molar-refractivity contribution is 6.32. The Morgan fingerprint density at radius 1 is 1.00 bits per heavy atom.